The van der Waals surface area contributed by atoms with E-state index in [2.05, 4.69) is 12.1 Å². The van der Waals surface area contributed by atoms with Crippen LogP contribution in [0.2, 0.25) is 5.02 Å². The number of aliphatic hydroxyl groups is 1. The molecular formula is C20H26ClFN2O2+2. The summed E-state index contributed by atoms with van der Waals surface area (Å²) in [6, 6.07) is 13.9. The van der Waals surface area contributed by atoms with Gasteiger partial charge in [0.25, 0.3) is 0 Å². The number of piperazine rings is 1. The molecule has 3 rings (SSSR count). The van der Waals surface area contributed by atoms with Gasteiger partial charge >= 0.3 is 0 Å². The Bertz CT molecular complexity index is 673. The fraction of sp³-hybridized carbons (Fsp3) is 0.400. The summed E-state index contributed by atoms with van der Waals surface area (Å²) in [5.74, 6) is 0.291. The fourth-order valence-electron chi connectivity index (χ4n) is 3.34. The SMILES string of the molecule is O[C@@H](COc1ccc(F)cc1)C[NH+]1CC[NH+](Cc2ccc(Cl)cc2)CC1. The monoisotopic (exact) mass is 380 g/mol. The predicted octanol–water partition coefficient (Wildman–Crippen LogP) is 0.202. The van der Waals surface area contributed by atoms with E-state index >= 15 is 0 Å². The zero-order valence-corrected chi connectivity index (χ0v) is 15.5. The zero-order valence-electron chi connectivity index (χ0n) is 14.8. The highest BCUT2D eigenvalue weighted by Crippen LogP contribution is 2.11. The summed E-state index contributed by atoms with van der Waals surface area (Å²) in [6.07, 6.45) is -0.520. The number of quaternary nitrogens is 2. The minimum Gasteiger partial charge on any atom is -0.491 e. The molecule has 0 aliphatic carbocycles. The van der Waals surface area contributed by atoms with E-state index in [4.69, 9.17) is 16.3 Å². The van der Waals surface area contributed by atoms with Crippen LogP contribution in [0.5, 0.6) is 5.75 Å². The molecule has 0 spiro atoms. The smallest absolute Gasteiger partial charge is 0.137 e. The zero-order chi connectivity index (χ0) is 18.4. The van der Waals surface area contributed by atoms with Gasteiger partial charge in [0.2, 0.25) is 0 Å². The minimum absolute atomic E-state index is 0.233. The molecule has 1 saturated heterocycles. The molecule has 0 bridgehead atoms. The largest absolute Gasteiger partial charge is 0.491 e. The number of ether oxygens (including phenoxy) is 1. The van der Waals surface area contributed by atoms with Crippen LogP contribution in [0.25, 0.3) is 0 Å². The van der Waals surface area contributed by atoms with Gasteiger partial charge in [-0.25, -0.2) is 4.39 Å². The van der Waals surface area contributed by atoms with Crippen molar-refractivity contribution in [1.82, 2.24) is 0 Å². The van der Waals surface area contributed by atoms with E-state index in [1.807, 2.05) is 12.1 Å². The maximum Gasteiger partial charge on any atom is 0.137 e. The summed E-state index contributed by atoms with van der Waals surface area (Å²) in [5, 5.41) is 11.0. The minimum atomic E-state index is -0.520. The Morgan fingerprint density at radius 3 is 2.23 bits per heavy atom. The summed E-state index contributed by atoms with van der Waals surface area (Å²) in [6.45, 7) is 6.17. The van der Waals surface area contributed by atoms with Crippen LogP contribution < -0.4 is 14.5 Å². The van der Waals surface area contributed by atoms with Gasteiger partial charge in [-0.15, -0.1) is 0 Å². The first kappa shape index (κ1) is 19.1. The molecule has 2 aromatic carbocycles. The van der Waals surface area contributed by atoms with Gasteiger partial charge < -0.3 is 19.6 Å². The molecule has 0 unspecified atom stereocenters. The summed E-state index contributed by atoms with van der Waals surface area (Å²) >= 11 is 5.93. The number of rotatable bonds is 7. The molecule has 1 heterocycles. The number of aliphatic hydroxyl groups excluding tert-OH is 1. The molecule has 6 heteroatoms. The summed E-state index contributed by atoms with van der Waals surface area (Å²) in [7, 11) is 0. The van der Waals surface area contributed by atoms with Crippen LogP contribution in [0.15, 0.2) is 48.5 Å². The van der Waals surface area contributed by atoms with Crippen molar-refractivity contribution >= 4 is 11.6 Å². The molecule has 26 heavy (non-hydrogen) atoms. The second-order valence-corrected chi connectivity index (χ2v) is 7.36. The van der Waals surface area contributed by atoms with E-state index in [0.29, 0.717) is 12.3 Å². The fourth-order valence-corrected chi connectivity index (χ4v) is 3.47. The standard InChI is InChI=1S/C20H24ClFN2O2/c21-17-3-1-16(2-4-17)13-23-9-11-24(12-10-23)14-19(25)15-26-20-7-5-18(22)6-8-20/h1-8,19,25H,9-15H2/p+2/t19-/m1/s1. The second-order valence-electron chi connectivity index (χ2n) is 6.93. The van der Waals surface area contributed by atoms with Crippen molar-refractivity contribution in [2.75, 3.05) is 39.3 Å². The Morgan fingerprint density at radius 2 is 1.58 bits per heavy atom. The van der Waals surface area contributed by atoms with Gasteiger partial charge in [-0.05, 0) is 36.4 Å². The van der Waals surface area contributed by atoms with Crippen molar-refractivity contribution in [3.05, 3.63) is 64.9 Å². The molecule has 140 valence electrons. The average molecular weight is 381 g/mol. The van der Waals surface area contributed by atoms with Crippen LogP contribution in [0.1, 0.15) is 5.56 Å². The molecule has 3 N–H and O–H groups in total. The van der Waals surface area contributed by atoms with Crippen molar-refractivity contribution in [2.24, 2.45) is 0 Å². The first-order valence-electron chi connectivity index (χ1n) is 9.06. The average Bonchev–Trinajstić information content (AvgIpc) is 2.65. The van der Waals surface area contributed by atoms with Crippen LogP contribution in [0, 0.1) is 5.82 Å². The van der Waals surface area contributed by atoms with Gasteiger partial charge in [0.05, 0.1) is 0 Å². The van der Waals surface area contributed by atoms with E-state index in [1.165, 1.54) is 22.6 Å². The summed E-state index contributed by atoms with van der Waals surface area (Å²) in [4.78, 5) is 2.97. The lowest BCUT2D eigenvalue weighted by Gasteiger charge is -2.30. The molecule has 0 aromatic heterocycles. The van der Waals surface area contributed by atoms with Crippen molar-refractivity contribution in [1.29, 1.82) is 0 Å². The van der Waals surface area contributed by atoms with Gasteiger partial charge in [0, 0.05) is 10.6 Å². The van der Waals surface area contributed by atoms with Gasteiger partial charge in [-0.3, -0.25) is 0 Å². The Labute approximate surface area is 158 Å². The Kier molecular flexibility index (Phi) is 6.86. The number of hydrogen-bond donors (Lipinski definition) is 3. The third-order valence-electron chi connectivity index (χ3n) is 4.81. The van der Waals surface area contributed by atoms with Gasteiger partial charge in [0.15, 0.2) is 0 Å². The highest BCUT2D eigenvalue weighted by Gasteiger charge is 2.25. The highest BCUT2D eigenvalue weighted by molar-refractivity contribution is 6.30. The molecule has 0 amide bonds. The Balaban J connectivity index is 1.36. The number of benzene rings is 2. The van der Waals surface area contributed by atoms with Crippen LogP contribution in [-0.2, 0) is 6.54 Å². The molecule has 1 aliphatic rings. The maximum atomic E-state index is 12.9. The van der Waals surface area contributed by atoms with Crippen LogP contribution in [0.3, 0.4) is 0 Å². The van der Waals surface area contributed by atoms with E-state index < -0.39 is 6.10 Å². The summed E-state index contributed by atoms with van der Waals surface area (Å²) in [5.41, 5.74) is 1.31. The van der Waals surface area contributed by atoms with E-state index in [9.17, 15) is 9.50 Å². The van der Waals surface area contributed by atoms with Crippen LogP contribution in [0.4, 0.5) is 4.39 Å². The van der Waals surface area contributed by atoms with E-state index in [-0.39, 0.29) is 12.4 Å². The summed E-state index contributed by atoms with van der Waals surface area (Å²) < 4.78 is 18.4. The topological polar surface area (TPSA) is 38.3 Å². The number of nitrogens with one attached hydrogen (secondary N) is 2. The molecule has 0 saturated carbocycles. The van der Waals surface area contributed by atoms with Crippen LogP contribution in [-0.4, -0.2) is 50.5 Å². The van der Waals surface area contributed by atoms with Crippen molar-refractivity contribution in [3.8, 4) is 5.75 Å². The van der Waals surface area contributed by atoms with Crippen molar-refractivity contribution in [2.45, 2.75) is 12.6 Å². The van der Waals surface area contributed by atoms with Crippen molar-refractivity contribution in [3.63, 3.8) is 0 Å². The molecule has 2 aromatic rings. The number of halogens is 2. The normalized spacial score (nSPS) is 21.3. The van der Waals surface area contributed by atoms with E-state index in [0.717, 1.165) is 37.7 Å². The highest BCUT2D eigenvalue weighted by atomic mass is 35.5. The third kappa shape index (κ3) is 5.95. The first-order chi connectivity index (χ1) is 12.6. The third-order valence-corrected chi connectivity index (χ3v) is 5.06. The molecular weight excluding hydrogens is 355 g/mol. The molecule has 0 radical (unpaired) electrons. The van der Waals surface area contributed by atoms with Crippen LogP contribution >= 0.6 is 11.6 Å². The molecule has 1 aliphatic heterocycles. The first-order valence-corrected chi connectivity index (χ1v) is 9.44. The molecule has 1 fully saturated rings. The quantitative estimate of drug-likeness (QED) is 0.642. The maximum absolute atomic E-state index is 12.9. The lowest BCUT2D eigenvalue weighted by molar-refractivity contribution is -1.02. The second kappa shape index (κ2) is 9.33. The van der Waals surface area contributed by atoms with Gasteiger partial charge in [0.1, 0.15) is 63.5 Å². The van der Waals surface area contributed by atoms with E-state index in [1.54, 1.807) is 17.0 Å². The lowest BCUT2D eigenvalue weighted by Crippen LogP contribution is -3.28. The Hall–Kier alpha value is -1.66. The molecule has 4 nitrogen and oxygen atoms in total. The molecule has 1 atom stereocenters. The van der Waals surface area contributed by atoms with Gasteiger partial charge in [-0.2, -0.15) is 0 Å². The van der Waals surface area contributed by atoms with Gasteiger partial charge in [-0.1, -0.05) is 23.7 Å². The lowest BCUT2D eigenvalue weighted by atomic mass is 10.2. The Morgan fingerprint density at radius 1 is 0.962 bits per heavy atom. The van der Waals surface area contributed by atoms with Crippen molar-refractivity contribution < 1.29 is 24.0 Å². The predicted molar refractivity (Wildman–Crippen MR) is 99.3 cm³/mol. The number of hydrogen-bond acceptors (Lipinski definition) is 2.